The number of aliphatic hydroxyl groups is 1. The summed E-state index contributed by atoms with van der Waals surface area (Å²) in [5.41, 5.74) is 0.704. The second-order valence-corrected chi connectivity index (χ2v) is 4.64. The molecule has 0 spiro atoms. The van der Waals surface area contributed by atoms with Gasteiger partial charge in [-0.3, -0.25) is 4.68 Å². The van der Waals surface area contributed by atoms with E-state index < -0.39 is 5.60 Å². The van der Waals surface area contributed by atoms with E-state index in [1.165, 1.54) is 13.3 Å². The van der Waals surface area contributed by atoms with Gasteiger partial charge in [-0.2, -0.15) is 5.10 Å². The minimum absolute atomic E-state index is 0.188. The fraction of sp³-hybridized carbons (Fsp3) is 0.636. The van der Waals surface area contributed by atoms with Gasteiger partial charge in [0.1, 0.15) is 5.56 Å². The molecule has 88 valence electrons. The molecule has 1 fully saturated rings. The quantitative estimate of drug-likeness (QED) is 0.763. The molecule has 0 saturated heterocycles. The van der Waals surface area contributed by atoms with Crippen molar-refractivity contribution < 1.29 is 14.6 Å². The van der Waals surface area contributed by atoms with Crippen LogP contribution in [0.4, 0.5) is 0 Å². The molecule has 0 unspecified atom stereocenters. The fourth-order valence-corrected chi connectivity index (χ4v) is 2.23. The Morgan fingerprint density at radius 3 is 2.81 bits per heavy atom. The molecule has 0 bridgehead atoms. The molecule has 1 aliphatic rings. The number of ether oxygens (including phenoxy) is 1. The molecule has 1 aromatic heterocycles. The Morgan fingerprint density at radius 2 is 2.31 bits per heavy atom. The third-order valence-corrected chi connectivity index (χ3v) is 3.15. The molecule has 5 nitrogen and oxygen atoms in total. The van der Waals surface area contributed by atoms with Gasteiger partial charge in [-0.15, -0.1) is 0 Å². The normalized spacial score (nSPS) is 28.6. The van der Waals surface area contributed by atoms with Gasteiger partial charge in [-0.05, 0) is 26.7 Å². The van der Waals surface area contributed by atoms with Gasteiger partial charge in [0, 0.05) is 0 Å². The Bertz CT molecular complexity index is 415. The van der Waals surface area contributed by atoms with Crippen LogP contribution in [0.15, 0.2) is 6.20 Å². The van der Waals surface area contributed by atoms with Gasteiger partial charge in [0.25, 0.3) is 0 Å². The van der Waals surface area contributed by atoms with E-state index in [1.54, 1.807) is 4.68 Å². The van der Waals surface area contributed by atoms with Crippen molar-refractivity contribution in [3.63, 3.8) is 0 Å². The lowest BCUT2D eigenvalue weighted by Crippen LogP contribution is -2.42. The first-order chi connectivity index (χ1) is 7.44. The van der Waals surface area contributed by atoms with Crippen LogP contribution in [0.3, 0.4) is 0 Å². The second-order valence-electron chi connectivity index (χ2n) is 4.64. The van der Waals surface area contributed by atoms with E-state index in [9.17, 15) is 9.90 Å². The van der Waals surface area contributed by atoms with Crippen LogP contribution in [0.5, 0.6) is 0 Å². The summed E-state index contributed by atoms with van der Waals surface area (Å²) in [5, 5.41) is 13.8. The van der Waals surface area contributed by atoms with Gasteiger partial charge in [0.2, 0.25) is 0 Å². The number of aromatic nitrogens is 2. The lowest BCUT2D eigenvalue weighted by Gasteiger charge is -2.41. The smallest absolute Gasteiger partial charge is 0.341 e. The fourth-order valence-electron chi connectivity index (χ4n) is 2.23. The van der Waals surface area contributed by atoms with Crippen molar-refractivity contribution in [1.82, 2.24) is 9.78 Å². The van der Waals surface area contributed by atoms with Crippen molar-refractivity contribution in [2.24, 2.45) is 0 Å². The van der Waals surface area contributed by atoms with E-state index >= 15 is 0 Å². The molecule has 0 aromatic carbocycles. The summed E-state index contributed by atoms with van der Waals surface area (Å²) in [6.45, 7) is 3.65. The van der Waals surface area contributed by atoms with Gasteiger partial charge in [-0.1, -0.05) is 0 Å². The number of methoxy groups -OCH3 is 1. The minimum Gasteiger partial charge on any atom is -0.465 e. The molecule has 1 N–H and O–H groups in total. The number of esters is 1. The zero-order chi connectivity index (χ0) is 11.9. The van der Waals surface area contributed by atoms with E-state index in [4.69, 9.17) is 0 Å². The van der Waals surface area contributed by atoms with Crippen molar-refractivity contribution >= 4 is 5.97 Å². The van der Waals surface area contributed by atoms with E-state index in [0.29, 0.717) is 18.4 Å². The Kier molecular flexibility index (Phi) is 2.50. The number of nitrogens with zero attached hydrogens (tertiary/aromatic N) is 2. The zero-order valence-corrected chi connectivity index (χ0v) is 9.73. The Morgan fingerprint density at radius 1 is 1.69 bits per heavy atom. The summed E-state index contributed by atoms with van der Waals surface area (Å²) in [5.74, 6) is -0.366. The summed E-state index contributed by atoms with van der Waals surface area (Å²) in [6.07, 6.45) is 2.88. The molecule has 1 heterocycles. The van der Waals surface area contributed by atoms with Gasteiger partial charge < -0.3 is 9.84 Å². The van der Waals surface area contributed by atoms with Crippen LogP contribution in [0.25, 0.3) is 0 Å². The second kappa shape index (κ2) is 3.59. The average Bonchev–Trinajstić information content (AvgIpc) is 2.55. The molecule has 0 aliphatic heterocycles. The Hall–Kier alpha value is -1.36. The minimum atomic E-state index is -0.589. The molecule has 5 heteroatoms. The molecule has 1 aromatic rings. The highest BCUT2D eigenvalue weighted by Crippen LogP contribution is 2.41. The maximum Gasteiger partial charge on any atom is 0.341 e. The molecule has 0 amide bonds. The summed E-state index contributed by atoms with van der Waals surface area (Å²) in [4.78, 5) is 11.4. The van der Waals surface area contributed by atoms with Crippen LogP contribution in [0, 0.1) is 6.92 Å². The highest BCUT2D eigenvalue weighted by molar-refractivity contribution is 5.90. The molecular weight excluding hydrogens is 208 g/mol. The van der Waals surface area contributed by atoms with Crippen LogP contribution in [-0.4, -0.2) is 33.6 Å². The van der Waals surface area contributed by atoms with E-state index in [2.05, 4.69) is 9.84 Å². The predicted octanol–water partition coefficient (Wildman–Crippen LogP) is 1.06. The number of hydrogen-bond donors (Lipinski definition) is 1. The largest absolute Gasteiger partial charge is 0.465 e. The SMILES string of the molecule is COC(=O)c1cnn(C2CC(C)(O)C2)c1C. The van der Waals surface area contributed by atoms with Gasteiger partial charge >= 0.3 is 5.97 Å². The van der Waals surface area contributed by atoms with Crippen LogP contribution < -0.4 is 0 Å². The molecular formula is C11H16N2O3. The first kappa shape index (κ1) is 11.1. The average molecular weight is 224 g/mol. The molecule has 1 saturated carbocycles. The standard InChI is InChI=1S/C11H16N2O3/c1-7-9(10(14)16-3)6-12-13(7)8-4-11(2,15)5-8/h6,8,15H,4-5H2,1-3H3. The topological polar surface area (TPSA) is 64.3 Å². The van der Waals surface area contributed by atoms with Crippen molar-refractivity contribution in [2.75, 3.05) is 7.11 Å². The van der Waals surface area contributed by atoms with Gasteiger partial charge in [0.15, 0.2) is 0 Å². The number of carbonyl (C=O) groups excluding carboxylic acids is 1. The lowest BCUT2D eigenvalue weighted by atomic mass is 9.77. The summed E-state index contributed by atoms with van der Waals surface area (Å²) >= 11 is 0. The van der Waals surface area contributed by atoms with Crippen molar-refractivity contribution in [3.8, 4) is 0 Å². The highest BCUT2D eigenvalue weighted by Gasteiger charge is 2.40. The molecule has 16 heavy (non-hydrogen) atoms. The van der Waals surface area contributed by atoms with Crippen LogP contribution >= 0.6 is 0 Å². The zero-order valence-electron chi connectivity index (χ0n) is 9.73. The van der Waals surface area contributed by atoms with Crippen LogP contribution in [0.2, 0.25) is 0 Å². The monoisotopic (exact) mass is 224 g/mol. The summed E-state index contributed by atoms with van der Waals surface area (Å²) in [6, 6.07) is 0.188. The molecule has 2 rings (SSSR count). The predicted molar refractivity (Wildman–Crippen MR) is 57.2 cm³/mol. The summed E-state index contributed by atoms with van der Waals surface area (Å²) < 4.78 is 6.46. The van der Waals surface area contributed by atoms with Crippen LogP contribution in [-0.2, 0) is 4.74 Å². The van der Waals surface area contributed by atoms with Crippen molar-refractivity contribution in [2.45, 2.75) is 38.3 Å². The molecule has 0 atom stereocenters. The first-order valence-corrected chi connectivity index (χ1v) is 5.29. The number of carbonyl (C=O) groups is 1. The Balaban J connectivity index is 2.19. The maximum atomic E-state index is 11.4. The maximum absolute atomic E-state index is 11.4. The highest BCUT2D eigenvalue weighted by atomic mass is 16.5. The lowest BCUT2D eigenvalue weighted by molar-refractivity contribution is -0.0548. The van der Waals surface area contributed by atoms with E-state index in [-0.39, 0.29) is 12.0 Å². The van der Waals surface area contributed by atoms with Crippen LogP contribution in [0.1, 0.15) is 41.9 Å². The number of hydrogen-bond acceptors (Lipinski definition) is 4. The van der Waals surface area contributed by atoms with Crippen molar-refractivity contribution in [3.05, 3.63) is 17.5 Å². The Labute approximate surface area is 94.0 Å². The summed E-state index contributed by atoms with van der Waals surface area (Å²) in [7, 11) is 1.35. The van der Waals surface area contributed by atoms with Gasteiger partial charge in [-0.25, -0.2) is 4.79 Å². The molecule has 0 radical (unpaired) electrons. The van der Waals surface area contributed by atoms with E-state index in [1.807, 2.05) is 13.8 Å². The third-order valence-electron chi connectivity index (χ3n) is 3.15. The third kappa shape index (κ3) is 1.71. The van der Waals surface area contributed by atoms with Crippen molar-refractivity contribution in [1.29, 1.82) is 0 Å². The number of rotatable bonds is 2. The van der Waals surface area contributed by atoms with E-state index in [0.717, 1.165) is 5.69 Å². The van der Waals surface area contributed by atoms with Gasteiger partial charge in [0.05, 0.1) is 30.6 Å². The molecule has 1 aliphatic carbocycles. The first-order valence-electron chi connectivity index (χ1n) is 5.29.